The summed E-state index contributed by atoms with van der Waals surface area (Å²) < 4.78 is 0. The number of aromatic nitrogens is 1. The van der Waals surface area contributed by atoms with Gasteiger partial charge < -0.3 is 21.4 Å². The summed E-state index contributed by atoms with van der Waals surface area (Å²) in [6.45, 7) is 2.21. The van der Waals surface area contributed by atoms with Crippen molar-refractivity contribution in [3.8, 4) is 0 Å². The lowest BCUT2D eigenvalue weighted by Crippen LogP contribution is -2.44. The fraction of sp³-hybridized carbons (Fsp3) is 0.333. The van der Waals surface area contributed by atoms with Crippen molar-refractivity contribution in [3.05, 3.63) is 36.0 Å². The van der Waals surface area contributed by atoms with Gasteiger partial charge in [-0.3, -0.25) is 9.59 Å². The molecular weight excluding hydrogens is 304 g/mol. The minimum atomic E-state index is -0.610. The average Bonchev–Trinajstić information content (AvgIpc) is 2.86. The van der Waals surface area contributed by atoms with Crippen molar-refractivity contribution in [2.45, 2.75) is 19.4 Å². The van der Waals surface area contributed by atoms with Crippen molar-refractivity contribution in [2.24, 2.45) is 5.73 Å². The zero-order chi connectivity index (χ0) is 15.2. The highest BCUT2D eigenvalue weighted by Gasteiger charge is 2.15. The van der Waals surface area contributed by atoms with Crippen LogP contribution in [0.15, 0.2) is 30.5 Å². The van der Waals surface area contributed by atoms with Gasteiger partial charge in [-0.15, -0.1) is 12.4 Å². The van der Waals surface area contributed by atoms with Crippen LogP contribution < -0.4 is 16.4 Å². The Morgan fingerprint density at radius 3 is 2.64 bits per heavy atom. The molecule has 0 spiro atoms. The Morgan fingerprint density at radius 2 is 1.91 bits per heavy atom. The lowest BCUT2D eigenvalue weighted by Gasteiger charge is -2.12. The quantitative estimate of drug-likeness (QED) is 0.589. The molecule has 120 valence electrons. The largest absolute Gasteiger partial charge is 0.361 e. The van der Waals surface area contributed by atoms with E-state index >= 15 is 0 Å². The van der Waals surface area contributed by atoms with E-state index in [0.717, 1.165) is 16.5 Å². The number of para-hydroxylation sites is 1. The normalized spacial score (nSPS) is 11.5. The van der Waals surface area contributed by atoms with E-state index in [2.05, 4.69) is 15.6 Å². The Kier molecular flexibility index (Phi) is 6.88. The second-order valence-corrected chi connectivity index (χ2v) is 4.94. The Morgan fingerprint density at radius 1 is 1.23 bits per heavy atom. The lowest BCUT2D eigenvalue weighted by atomic mass is 10.1. The molecule has 5 N–H and O–H groups in total. The van der Waals surface area contributed by atoms with Gasteiger partial charge in [0, 0.05) is 37.1 Å². The molecule has 2 amide bonds. The standard InChI is InChI=1S/C15H20N4O2.ClH/c1-10(20)17-6-7-18-15(21)13(16)8-11-9-19-14-5-3-2-4-12(11)14;/h2-5,9,13,19H,6-8,16H2,1H3,(H,17,20)(H,18,21);1H/t13-;/m0./s1. The number of carbonyl (C=O) groups excluding carboxylic acids is 2. The van der Waals surface area contributed by atoms with Gasteiger partial charge in [-0.2, -0.15) is 0 Å². The number of hydrogen-bond acceptors (Lipinski definition) is 3. The van der Waals surface area contributed by atoms with Crippen LogP contribution >= 0.6 is 12.4 Å². The molecule has 1 aromatic carbocycles. The molecule has 7 heteroatoms. The zero-order valence-corrected chi connectivity index (χ0v) is 13.2. The molecule has 0 saturated heterocycles. The highest BCUT2D eigenvalue weighted by molar-refractivity contribution is 5.86. The van der Waals surface area contributed by atoms with Gasteiger partial charge >= 0.3 is 0 Å². The van der Waals surface area contributed by atoms with Crippen molar-refractivity contribution in [1.82, 2.24) is 15.6 Å². The molecule has 0 aliphatic carbocycles. The SMILES string of the molecule is CC(=O)NCCNC(=O)[C@@H](N)Cc1c[nH]c2ccccc12.Cl. The third-order valence-electron chi connectivity index (χ3n) is 3.25. The van der Waals surface area contributed by atoms with Crippen LogP contribution in [0.4, 0.5) is 0 Å². The maximum absolute atomic E-state index is 11.9. The number of benzene rings is 1. The Bertz CT molecular complexity index is 641. The fourth-order valence-corrected chi connectivity index (χ4v) is 2.19. The number of hydrogen-bond donors (Lipinski definition) is 4. The van der Waals surface area contributed by atoms with E-state index in [1.54, 1.807) is 0 Å². The van der Waals surface area contributed by atoms with Crippen molar-refractivity contribution >= 4 is 35.1 Å². The summed E-state index contributed by atoms with van der Waals surface area (Å²) >= 11 is 0. The van der Waals surface area contributed by atoms with Crippen LogP contribution in [0.1, 0.15) is 12.5 Å². The minimum Gasteiger partial charge on any atom is -0.361 e. The monoisotopic (exact) mass is 324 g/mol. The fourth-order valence-electron chi connectivity index (χ4n) is 2.19. The number of amides is 2. The van der Waals surface area contributed by atoms with Crippen LogP contribution in [0.3, 0.4) is 0 Å². The van der Waals surface area contributed by atoms with Gasteiger partial charge in [0.25, 0.3) is 0 Å². The molecule has 0 unspecified atom stereocenters. The van der Waals surface area contributed by atoms with Gasteiger partial charge in [0.15, 0.2) is 0 Å². The highest BCUT2D eigenvalue weighted by Crippen LogP contribution is 2.18. The molecule has 2 rings (SSSR count). The topological polar surface area (TPSA) is 100 Å². The van der Waals surface area contributed by atoms with Crippen LogP contribution in [0, 0.1) is 0 Å². The number of nitrogens with two attached hydrogens (primary N) is 1. The Labute approximate surface area is 135 Å². The molecular formula is C15H21ClN4O2. The summed E-state index contributed by atoms with van der Waals surface area (Å²) in [5.41, 5.74) is 7.98. The maximum Gasteiger partial charge on any atom is 0.237 e. The van der Waals surface area contributed by atoms with Crippen molar-refractivity contribution < 1.29 is 9.59 Å². The molecule has 0 aliphatic heterocycles. The van der Waals surface area contributed by atoms with Crippen LogP contribution in [0.5, 0.6) is 0 Å². The molecule has 0 aliphatic rings. The van der Waals surface area contributed by atoms with Crippen LogP contribution in [-0.4, -0.2) is 35.9 Å². The highest BCUT2D eigenvalue weighted by atomic mass is 35.5. The van der Waals surface area contributed by atoms with E-state index in [1.807, 2.05) is 30.5 Å². The van der Waals surface area contributed by atoms with E-state index in [4.69, 9.17) is 5.73 Å². The van der Waals surface area contributed by atoms with E-state index in [-0.39, 0.29) is 24.2 Å². The summed E-state index contributed by atoms with van der Waals surface area (Å²) in [7, 11) is 0. The number of halogens is 1. The van der Waals surface area contributed by atoms with E-state index in [9.17, 15) is 9.59 Å². The van der Waals surface area contributed by atoms with Crippen molar-refractivity contribution in [3.63, 3.8) is 0 Å². The first-order chi connectivity index (χ1) is 10.1. The van der Waals surface area contributed by atoms with Gasteiger partial charge in [0.2, 0.25) is 11.8 Å². The van der Waals surface area contributed by atoms with Gasteiger partial charge in [0.05, 0.1) is 6.04 Å². The number of rotatable bonds is 6. The van der Waals surface area contributed by atoms with Crippen molar-refractivity contribution in [1.29, 1.82) is 0 Å². The molecule has 0 radical (unpaired) electrons. The molecule has 0 fully saturated rings. The van der Waals surface area contributed by atoms with E-state index in [1.165, 1.54) is 6.92 Å². The van der Waals surface area contributed by atoms with Gasteiger partial charge in [-0.1, -0.05) is 18.2 Å². The Hall–Kier alpha value is -2.05. The molecule has 1 heterocycles. The average molecular weight is 325 g/mol. The predicted octanol–water partition coefficient (Wildman–Crippen LogP) is 0.712. The number of fused-ring (bicyclic) bond motifs is 1. The summed E-state index contributed by atoms with van der Waals surface area (Å²) in [5.74, 6) is -0.335. The molecule has 6 nitrogen and oxygen atoms in total. The predicted molar refractivity (Wildman–Crippen MR) is 88.9 cm³/mol. The molecule has 0 saturated carbocycles. The van der Waals surface area contributed by atoms with Crippen LogP contribution in [-0.2, 0) is 16.0 Å². The zero-order valence-electron chi connectivity index (χ0n) is 12.4. The van der Waals surface area contributed by atoms with E-state index < -0.39 is 6.04 Å². The summed E-state index contributed by atoms with van der Waals surface area (Å²) in [6.07, 6.45) is 2.35. The first-order valence-corrected chi connectivity index (χ1v) is 6.90. The first kappa shape index (κ1) is 18.0. The number of H-pyrrole nitrogens is 1. The summed E-state index contributed by atoms with van der Waals surface area (Å²) in [4.78, 5) is 25.8. The van der Waals surface area contributed by atoms with E-state index in [0.29, 0.717) is 19.5 Å². The maximum atomic E-state index is 11.9. The number of nitrogens with one attached hydrogen (secondary N) is 3. The molecule has 1 aromatic heterocycles. The van der Waals surface area contributed by atoms with Crippen molar-refractivity contribution in [2.75, 3.05) is 13.1 Å². The van der Waals surface area contributed by atoms with Crippen LogP contribution in [0.2, 0.25) is 0 Å². The first-order valence-electron chi connectivity index (χ1n) is 6.90. The minimum absolute atomic E-state index is 0. The molecule has 22 heavy (non-hydrogen) atoms. The molecule has 1 atom stereocenters. The number of carbonyl (C=O) groups is 2. The third kappa shape index (κ3) is 4.75. The second-order valence-electron chi connectivity index (χ2n) is 4.94. The molecule has 2 aromatic rings. The number of aromatic amines is 1. The van der Waals surface area contributed by atoms with Gasteiger partial charge in [-0.05, 0) is 18.1 Å². The summed E-state index contributed by atoms with van der Waals surface area (Å²) in [5, 5.41) is 6.40. The third-order valence-corrected chi connectivity index (χ3v) is 3.25. The van der Waals surface area contributed by atoms with Gasteiger partial charge in [-0.25, -0.2) is 0 Å². The second kappa shape index (κ2) is 8.41. The molecule has 0 bridgehead atoms. The summed E-state index contributed by atoms with van der Waals surface area (Å²) in [6, 6.07) is 7.29. The lowest BCUT2D eigenvalue weighted by molar-refractivity contribution is -0.123. The van der Waals surface area contributed by atoms with Crippen LogP contribution in [0.25, 0.3) is 10.9 Å². The Balaban J connectivity index is 0.00000242. The smallest absolute Gasteiger partial charge is 0.237 e. The van der Waals surface area contributed by atoms with Gasteiger partial charge in [0.1, 0.15) is 0 Å².